The first-order chi connectivity index (χ1) is 11.1. The molecule has 3 rings (SSSR count). The van der Waals surface area contributed by atoms with Crippen LogP contribution in [-0.2, 0) is 10.3 Å². The van der Waals surface area contributed by atoms with Gasteiger partial charge < -0.3 is 5.32 Å². The summed E-state index contributed by atoms with van der Waals surface area (Å²) in [7, 11) is 0. The van der Waals surface area contributed by atoms with E-state index in [-0.39, 0.29) is 5.91 Å². The van der Waals surface area contributed by atoms with Crippen molar-refractivity contribution in [3.63, 3.8) is 0 Å². The van der Waals surface area contributed by atoms with Gasteiger partial charge in [-0.3, -0.25) is 4.79 Å². The van der Waals surface area contributed by atoms with Crippen LogP contribution >= 0.6 is 0 Å². The van der Waals surface area contributed by atoms with E-state index in [0.29, 0.717) is 11.8 Å². The average molecular weight is 304 g/mol. The Labute approximate surface area is 136 Å². The zero-order valence-electron chi connectivity index (χ0n) is 13.4. The van der Waals surface area contributed by atoms with Gasteiger partial charge in [-0.05, 0) is 23.1 Å². The van der Waals surface area contributed by atoms with Crippen molar-refractivity contribution in [3.8, 4) is 0 Å². The highest BCUT2D eigenvalue weighted by Gasteiger charge is 2.46. The molecule has 0 fully saturated rings. The van der Waals surface area contributed by atoms with Crippen LogP contribution in [-0.4, -0.2) is 11.7 Å². The van der Waals surface area contributed by atoms with Gasteiger partial charge in [0.25, 0.3) is 5.91 Å². The SMILES string of the molecule is CC(C)C=CC1=NC(c2ccccc2)(c2ccccc2)C(=O)N1. The zero-order chi connectivity index (χ0) is 16.3. The van der Waals surface area contributed by atoms with E-state index in [0.717, 1.165) is 11.1 Å². The molecule has 0 unspecified atom stereocenters. The Morgan fingerprint density at radius 3 is 1.96 bits per heavy atom. The second-order valence-corrected chi connectivity index (χ2v) is 6.00. The van der Waals surface area contributed by atoms with E-state index in [4.69, 9.17) is 4.99 Å². The molecule has 3 heteroatoms. The van der Waals surface area contributed by atoms with Gasteiger partial charge in [0.05, 0.1) is 0 Å². The fraction of sp³-hybridized carbons (Fsp3) is 0.200. The van der Waals surface area contributed by atoms with Crippen LogP contribution in [0.1, 0.15) is 25.0 Å². The van der Waals surface area contributed by atoms with Crippen molar-refractivity contribution >= 4 is 11.7 Å². The number of rotatable bonds is 4. The summed E-state index contributed by atoms with van der Waals surface area (Å²) in [6, 6.07) is 19.4. The predicted molar refractivity (Wildman–Crippen MR) is 93.2 cm³/mol. The Bertz CT molecular complexity index is 706. The smallest absolute Gasteiger partial charge is 0.262 e. The number of carbonyl (C=O) groups is 1. The summed E-state index contributed by atoms with van der Waals surface area (Å²) in [6.07, 6.45) is 3.92. The standard InChI is InChI=1S/C20H20N2O/c1-15(2)13-14-18-21-19(23)20(22-18,16-9-5-3-6-10-16)17-11-7-4-8-12-17/h3-15H,1-2H3,(H,21,22,23). The third-order valence-electron chi connectivity index (χ3n) is 3.88. The van der Waals surface area contributed by atoms with Crippen LogP contribution in [0.3, 0.4) is 0 Å². The lowest BCUT2D eigenvalue weighted by Crippen LogP contribution is -2.38. The third kappa shape index (κ3) is 2.82. The first kappa shape index (κ1) is 15.2. The Balaban J connectivity index is 2.16. The number of aliphatic imine (C=N–C) groups is 1. The van der Waals surface area contributed by atoms with E-state index in [2.05, 4.69) is 19.2 Å². The lowest BCUT2D eigenvalue weighted by molar-refractivity contribution is -0.122. The number of amides is 1. The van der Waals surface area contributed by atoms with E-state index in [1.54, 1.807) is 0 Å². The monoisotopic (exact) mass is 304 g/mol. The van der Waals surface area contributed by atoms with Crippen LogP contribution < -0.4 is 5.32 Å². The van der Waals surface area contributed by atoms with Gasteiger partial charge in [0.1, 0.15) is 5.84 Å². The molecule has 1 aliphatic rings. The number of allylic oxidation sites excluding steroid dienone is 1. The summed E-state index contributed by atoms with van der Waals surface area (Å²) < 4.78 is 0. The van der Waals surface area contributed by atoms with Gasteiger partial charge in [-0.15, -0.1) is 0 Å². The molecule has 1 N–H and O–H groups in total. The molecular weight excluding hydrogens is 284 g/mol. The second kappa shape index (κ2) is 6.21. The van der Waals surface area contributed by atoms with Crippen molar-refractivity contribution in [1.29, 1.82) is 0 Å². The Morgan fingerprint density at radius 1 is 0.957 bits per heavy atom. The van der Waals surface area contributed by atoms with Crippen LogP contribution in [0.25, 0.3) is 0 Å². The van der Waals surface area contributed by atoms with Crippen LogP contribution in [0.4, 0.5) is 0 Å². The molecule has 0 aromatic heterocycles. The molecule has 0 saturated heterocycles. The fourth-order valence-corrected chi connectivity index (χ4v) is 2.75. The molecule has 0 spiro atoms. The number of amidine groups is 1. The molecular formula is C20H20N2O. The topological polar surface area (TPSA) is 41.5 Å². The Morgan fingerprint density at radius 2 is 1.48 bits per heavy atom. The van der Waals surface area contributed by atoms with Crippen molar-refractivity contribution in [2.24, 2.45) is 10.9 Å². The van der Waals surface area contributed by atoms with E-state index in [9.17, 15) is 4.79 Å². The summed E-state index contributed by atoms with van der Waals surface area (Å²) in [5.41, 5.74) is 0.729. The fourth-order valence-electron chi connectivity index (χ4n) is 2.75. The highest BCUT2D eigenvalue weighted by Crippen LogP contribution is 2.37. The van der Waals surface area contributed by atoms with Gasteiger partial charge in [-0.1, -0.05) is 80.6 Å². The van der Waals surface area contributed by atoms with Crippen molar-refractivity contribution in [1.82, 2.24) is 5.32 Å². The zero-order valence-corrected chi connectivity index (χ0v) is 13.4. The Kier molecular flexibility index (Phi) is 4.11. The second-order valence-electron chi connectivity index (χ2n) is 6.00. The molecule has 3 nitrogen and oxygen atoms in total. The number of nitrogens with zero attached hydrogens (tertiary/aromatic N) is 1. The van der Waals surface area contributed by atoms with Gasteiger partial charge in [0.2, 0.25) is 0 Å². The maximum absolute atomic E-state index is 12.9. The maximum atomic E-state index is 12.9. The van der Waals surface area contributed by atoms with Gasteiger partial charge in [0, 0.05) is 0 Å². The summed E-state index contributed by atoms with van der Waals surface area (Å²) in [5, 5.41) is 2.92. The largest absolute Gasteiger partial charge is 0.308 e. The van der Waals surface area contributed by atoms with E-state index < -0.39 is 5.54 Å². The lowest BCUT2D eigenvalue weighted by Gasteiger charge is -2.24. The number of benzene rings is 2. The number of hydrogen-bond acceptors (Lipinski definition) is 2. The van der Waals surface area contributed by atoms with Gasteiger partial charge in [-0.25, -0.2) is 4.99 Å². The molecule has 0 bridgehead atoms. The first-order valence-corrected chi connectivity index (χ1v) is 7.83. The lowest BCUT2D eigenvalue weighted by atomic mass is 9.83. The molecule has 1 heterocycles. The van der Waals surface area contributed by atoms with Crippen molar-refractivity contribution < 1.29 is 4.79 Å². The molecule has 0 radical (unpaired) electrons. The van der Waals surface area contributed by atoms with Crippen LogP contribution in [0, 0.1) is 5.92 Å². The molecule has 1 aliphatic heterocycles. The van der Waals surface area contributed by atoms with Crippen LogP contribution in [0.2, 0.25) is 0 Å². The molecule has 2 aromatic carbocycles. The highest BCUT2D eigenvalue weighted by molar-refractivity contribution is 6.14. The van der Waals surface area contributed by atoms with Gasteiger partial charge >= 0.3 is 0 Å². The summed E-state index contributed by atoms with van der Waals surface area (Å²) in [6.45, 7) is 4.19. The van der Waals surface area contributed by atoms with Crippen LogP contribution in [0.15, 0.2) is 77.8 Å². The molecule has 23 heavy (non-hydrogen) atoms. The van der Waals surface area contributed by atoms with Crippen LogP contribution in [0.5, 0.6) is 0 Å². The van der Waals surface area contributed by atoms with E-state index >= 15 is 0 Å². The predicted octanol–water partition coefficient (Wildman–Crippen LogP) is 3.67. The van der Waals surface area contributed by atoms with E-state index in [1.807, 2.05) is 72.8 Å². The first-order valence-electron chi connectivity index (χ1n) is 7.83. The quantitative estimate of drug-likeness (QED) is 0.920. The molecule has 0 aliphatic carbocycles. The molecule has 2 aromatic rings. The molecule has 1 amide bonds. The maximum Gasteiger partial charge on any atom is 0.262 e. The minimum Gasteiger partial charge on any atom is -0.308 e. The number of hydrogen-bond donors (Lipinski definition) is 1. The van der Waals surface area contributed by atoms with E-state index in [1.165, 1.54) is 0 Å². The summed E-state index contributed by atoms with van der Waals surface area (Å²) in [4.78, 5) is 17.7. The minimum absolute atomic E-state index is 0.113. The van der Waals surface area contributed by atoms with Crippen molar-refractivity contribution in [3.05, 3.63) is 83.9 Å². The highest BCUT2D eigenvalue weighted by atomic mass is 16.2. The van der Waals surface area contributed by atoms with Gasteiger partial charge in [0.15, 0.2) is 5.54 Å². The Hall–Kier alpha value is -2.68. The minimum atomic E-state index is -1.01. The molecule has 0 saturated carbocycles. The number of carbonyl (C=O) groups excluding carboxylic acids is 1. The number of nitrogens with one attached hydrogen (secondary N) is 1. The van der Waals surface area contributed by atoms with Crippen molar-refractivity contribution in [2.45, 2.75) is 19.4 Å². The normalized spacial score (nSPS) is 16.7. The molecule has 0 atom stereocenters. The third-order valence-corrected chi connectivity index (χ3v) is 3.88. The average Bonchev–Trinajstić information content (AvgIpc) is 2.92. The van der Waals surface area contributed by atoms with Crippen molar-refractivity contribution in [2.75, 3.05) is 0 Å². The molecule has 116 valence electrons. The summed E-state index contributed by atoms with van der Waals surface area (Å²) in [5.74, 6) is 0.896. The van der Waals surface area contributed by atoms with Gasteiger partial charge in [-0.2, -0.15) is 0 Å². The summed E-state index contributed by atoms with van der Waals surface area (Å²) >= 11 is 0.